The SMILES string of the molecule is Cc1ccc(-c2ccc3c(n2)C2(C)NC(c4cc(N)cc(-c5ccc6ccc7ccc(-c8ccc(N)cc8)nc7c6n5)c4)=CC=C2C=C3)cc1. The van der Waals surface area contributed by atoms with Crippen LogP contribution in [-0.4, -0.2) is 15.0 Å². The minimum absolute atomic E-state index is 0.534. The van der Waals surface area contributed by atoms with Crippen molar-refractivity contribution in [1.82, 2.24) is 20.3 Å². The Balaban J connectivity index is 1.10. The Hall–Kier alpha value is -6.53. The van der Waals surface area contributed by atoms with Gasteiger partial charge in [-0.15, -0.1) is 0 Å². The molecule has 6 heteroatoms. The van der Waals surface area contributed by atoms with Crippen molar-refractivity contribution >= 4 is 45.0 Å². The zero-order chi connectivity index (χ0) is 34.0. The fourth-order valence-electron chi connectivity index (χ4n) is 7.08. The maximum atomic E-state index is 6.59. The molecule has 1 unspecified atom stereocenters. The van der Waals surface area contributed by atoms with E-state index in [0.717, 1.165) is 89.4 Å². The summed E-state index contributed by atoms with van der Waals surface area (Å²) in [6.07, 6.45) is 8.63. The van der Waals surface area contributed by atoms with E-state index in [4.69, 9.17) is 26.4 Å². The van der Waals surface area contributed by atoms with E-state index < -0.39 is 5.54 Å². The molecule has 50 heavy (non-hydrogen) atoms. The predicted molar refractivity (Wildman–Crippen MR) is 207 cm³/mol. The molecule has 7 aromatic rings. The van der Waals surface area contributed by atoms with Crippen LogP contribution in [0.1, 0.15) is 29.3 Å². The van der Waals surface area contributed by atoms with Crippen molar-refractivity contribution in [1.29, 1.82) is 0 Å². The molecule has 4 heterocycles. The molecule has 0 spiro atoms. The topological polar surface area (TPSA) is 103 Å². The van der Waals surface area contributed by atoms with E-state index in [2.05, 4.69) is 116 Å². The third-order valence-electron chi connectivity index (χ3n) is 9.87. The van der Waals surface area contributed by atoms with Crippen LogP contribution in [0, 0.1) is 6.92 Å². The highest BCUT2D eigenvalue weighted by atomic mass is 15.0. The lowest BCUT2D eigenvalue weighted by atomic mass is 9.78. The van der Waals surface area contributed by atoms with Gasteiger partial charge in [-0.1, -0.05) is 90.5 Å². The van der Waals surface area contributed by atoms with E-state index in [1.165, 1.54) is 5.56 Å². The van der Waals surface area contributed by atoms with Gasteiger partial charge < -0.3 is 16.8 Å². The number of nitrogens with zero attached hydrogens (tertiary/aromatic N) is 3. The van der Waals surface area contributed by atoms with Crippen LogP contribution in [0.25, 0.3) is 67.4 Å². The smallest absolute Gasteiger partial charge is 0.103 e. The molecule has 2 aliphatic rings. The molecular weight excluding hydrogens is 613 g/mol. The van der Waals surface area contributed by atoms with E-state index in [0.29, 0.717) is 5.69 Å². The van der Waals surface area contributed by atoms with Crippen LogP contribution in [0.2, 0.25) is 0 Å². The molecule has 5 N–H and O–H groups in total. The van der Waals surface area contributed by atoms with Crippen molar-refractivity contribution < 1.29 is 0 Å². The van der Waals surface area contributed by atoms with Crippen LogP contribution < -0.4 is 16.8 Å². The van der Waals surface area contributed by atoms with Crippen molar-refractivity contribution in [3.05, 3.63) is 161 Å². The van der Waals surface area contributed by atoms with Gasteiger partial charge in [-0.3, -0.25) is 0 Å². The van der Waals surface area contributed by atoms with Crippen LogP contribution in [0.5, 0.6) is 0 Å². The number of benzene rings is 4. The highest BCUT2D eigenvalue weighted by molar-refractivity contribution is 6.04. The molecule has 1 atom stereocenters. The zero-order valence-electron chi connectivity index (χ0n) is 27.8. The summed E-state index contributed by atoms with van der Waals surface area (Å²) in [5, 5.41) is 5.92. The predicted octanol–water partition coefficient (Wildman–Crippen LogP) is 9.46. The number of nitrogens with one attached hydrogen (secondary N) is 1. The zero-order valence-corrected chi connectivity index (χ0v) is 27.8. The van der Waals surface area contributed by atoms with Crippen LogP contribution >= 0.6 is 0 Å². The minimum Gasteiger partial charge on any atom is -0.399 e. The van der Waals surface area contributed by atoms with Crippen molar-refractivity contribution in [2.75, 3.05) is 11.5 Å². The van der Waals surface area contributed by atoms with Crippen molar-refractivity contribution in [2.24, 2.45) is 0 Å². The fraction of sp³-hybridized carbons (Fsp3) is 0.0682. The maximum Gasteiger partial charge on any atom is 0.103 e. The normalized spacial score (nSPS) is 16.4. The lowest BCUT2D eigenvalue weighted by Gasteiger charge is -2.39. The number of hydrogen-bond acceptors (Lipinski definition) is 6. The molecule has 6 nitrogen and oxygen atoms in total. The summed E-state index contributed by atoms with van der Waals surface area (Å²) in [5.41, 5.74) is 27.2. The molecule has 0 saturated heterocycles. The Morgan fingerprint density at radius 3 is 1.82 bits per heavy atom. The maximum absolute atomic E-state index is 6.59. The third kappa shape index (κ3) is 5.01. The van der Waals surface area contributed by atoms with Crippen LogP contribution in [-0.2, 0) is 5.54 Å². The lowest BCUT2D eigenvalue weighted by Crippen LogP contribution is -2.43. The molecule has 0 bridgehead atoms. The summed E-state index contributed by atoms with van der Waals surface area (Å²) in [6.45, 7) is 4.30. The number of allylic oxidation sites excluding steroid dienone is 2. The van der Waals surface area contributed by atoms with Gasteiger partial charge in [-0.2, -0.15) is 0 Å². The molecule has 0 fully saturated rings. The van der Waals surface area contributed by atoms with Crippen molar-refractivity contribution in [3.8, 4) is 33.8 Å². The molecule has 240 valence electrons. The summed E-state index contributed by atoms with van der Waals surface area (Å²) in [7, 11) is 0. The minimum atomic E-state index is -0.534. The number of nitrogen functional groups attached to an aromatic ring is 2. The van der Waals surface area contributed by atoms with E-state index in [-0.39, 0.29) is 0 Å². The number of fused-ring (bicyclic) bond motifs is 6. The quantitative estimate of drug-likeness (QED) is 0.130. The molecule has 3 aromatic heterocycles. The van der Waals surface area contributed by atoms with Gasteiger partial charge in [0.2, 0.25) is 0 Å². The van der Waals surface area contributed by atoms with Gasteiger partial charge in [0.15, 0.2) is 0 Å². The molecule has 4 aromatic carbocycles. The summed E-state index contributed by atoms with van der Waals surface area (Å²) in [4.78, 5) is 15.5. The molecule has 0 amide bonds. The average Bonchev–Trinajstić information content (AvgIpc) is 3.14. The van der Waals surface area contributed by atoms with Gasteiger partial charge in [0.1, 0.15) is 5.54 Å². The van der Waals surface area contributed by atoms with E-state index >= 15 is 0 Å². The highest BCUT2D eigenvalue weighted by Crippen LogP contribution is 2.42. The third-order valence-corrected chi connectivity index (χ3v) is 9.87. The van der Waals surface area contributed by atoms with Gasteiger partial charge in [0.25, 0.3) is 0 Å². The van der Waals surface area contributed by atoms with Gasteiger partial charge in [-0.25, -0.2) is 15.0 Å². The summed E-state index contributed by atoms with van der Waals surface area (Å²) in [6, 6.07) is 39.2. The summed E-state index contributed by atoms with van der Waals surface area (Å²) >= 11 is 0. The van der Waals surface area contributed by atoms with Gasteiger partial charge in [0, 0.05) is 50.1 Å². The highest BCUT2D eigenvalue weighted by Gasteiger charge is 2.38. The second kappa shape index (κ2) is 11.3. The number of nitrogens with two attached hydrogens (primary N) is 2. The number of rotatable bonds is 4. The van der Waals surface area contributed by atoms with E-state index in [1.807, 2.05) is 42.5 Å². The Labute approximate surface area is 290 Å². The Morgan fingerprint density at radius 2 is 1.12 bits per heavy atom. The molecule has 0 radical (unpaired) electrons. The molecular formula is C44H34N6. The first-order valence-corrected chi connectivity index (χ1v) is 16.8. The summed E-state index contributed by atoms with van der Waals surface area (Å²) < 4.78 is 0. The number of dihydropyridines is 1. The first-order chi connectivity index (χ1) is 24.3. The Kier molecular flexibility index (Phi) is 6.68. The number of hydrogen-bond donors (Lipinski definition) is 3. The Morgan fingerprint density at radius 1 is 0.540 bits per heavy atom. The fourth-order valence-corrected chi connectivity index (χ4v) is 7.08. The number of pyridine rings is 3. The van der Waals surface area contributed by atoms with Crippen LogP contribution in [0.4, 0.5) is 11.4 Å². The van der Waals surface area contributed by atoms with E-state index in [9.17, 15) is 0 Å². The molecule has 1 aliphatic heterocycles. The number of aromatic nitrogens is 3. The van der Waals surface area contributed by atoms with Gasteiger partial charge in [0.05, 0.1) is 33.8 Å². The number of anilines is 2. The van der Waals surface area contributed by atoms with Crippen LogP contribution in [0.3, 0.4) is 0 Å². The van der Waals surface area contributed by atoms with Crippen molar-refractivity contribution in [3.63, 3.8) is 0 Å². The Bertz CT molecular complexity index is 2600. The van der Waals surface area contributed by atoms with Crippen molar-refractivity contribution in [2.45, 2.75) is 19.4 Å². The van der Waals surface area contributed by atoms with Gasteiger partial charge in [-0.05, 0) is 79.6 Å². The second-order valence-corrected chi connectivity index (χ2v) is 13.4. The molecule has 9 rings (SSSR count). The standard InChI is InChI=1S/C44H34N6/c1-26-3-5-27(6-4-26)38-21-14-31-9-15-34-16-22-40(50-44(34,2)43(31)49-38)33-23-32(24-36(46)25-33)39-20-13-30-8-7-29-12-19-37(47-41(29)42(30)48-39)28-10-17-35(45)18-11-28/h3-25,50H,45-46H2,1-2H3. The second-order valence-electron chi connectivity index (χ2n) is 13.4. The monoisotopic (exact) mass is 646 g/mol. The summed E-state index contributed by atoms with van der Waals surface area (Å²) in [5.74, 6) is 0. The van der Waals surface area contributed by atoms with Crippen LogP contribution in [0.15, 0.2) is 139 Å². The molecule has 1 aliphatic carbocycles. The molecule has 0 saturated carbocycles. The first-order valence-electron chi connectivity index (χ1n) is 16.8. The number of aryl methyl sites for hydroxylation is 1. The first kappa shape index (κ1) is 29.6. The van der Waals surface area contributed by atoms with Gasteiger partial charge >= 0.3 is 0 Å². The average molecular weight is 647 g/mol. The lowest BCUT2D eigenvalue weighted by molar-refractivity contribution is 0.493. The largest absolute Gasteiger partial charge is 0.399 e. The van der Waals surface area contributed by atoms with E-state index in [1.54, 1.807) is 0 Å².